The summed E-state index contributed by atoms with van der Waals surface area (Å²) in [6.07, 6.45) is 2.88. The highest BCUT2D eigenvalue weighted by Gasteiger charge is 2.06. The van der Waals surface area contributed by atoms with Gasteiger partial charge in [0.25, 0.3) is 0 Å². The molecule has 1 aromatic rings. The van der Waals surface area contributed by atoms with Gasteiger partial charge < -0.3 is 5.11 Å². The Kier molecular flexibility index (Phi) is 4.91. The standard InChI is InChI=1S/C12H13ClO2/c13-8-4-7-11(12(14)15)9-10-5-2-1-3-6-10/h1-3,5-6,9H,4,7-8H2,(H,14,15)/b11-9+. The van der Waals surface area contributed by atoms with Crippen LogP contribution in [0.15, 0.2) is 35.9 Å². The zero-order valence-corrected chi connectivity index (χ0v) is 9.07. The van der Waals surface area contributed by atoms with E-state index >= 15 is 0 Å². The lowest BCUT2D eigenvalue weighted by Gasteiger charge is -2.00. The summed E-state index contributed by atoms with van der Waals surface area (Å²) in [6.45, 7) is 0. The highest BCUT2D eigenvalue weighted by atomic mass is 35.5. The molecule has 0 amide bonds. The number of halogens is 1. The van der Waals surface area contributed by atoms with E-state index in [1.54, 1.807) is 6.08 Å². The van der Waals surface area contributed by atoms with Crippen molar-refractivity contribution < 1.29 is 9.90 Å². The van der Waals surface area contributed by atoms with Gasteiger partial charge in [-0.1, -0.05) is 30.3 Å². The average molecular weight is 225 g/mol. The van der Waals surface area contributed by atoms with Crippen LogP contribution < -0.4 is 0 Å². The van der Waals surface area contributed by atoms with Crippen LogP contribution in [0.25, 0.3) is 6.08 Å². The molecule has 3 heteroatoms. The normalized spacial score (nSPS) is 11.4. The van der Waals surface area contributed by atoms with Crippen LogP contribution in [0.3, 0.4) is 0 Å². The first-order valence-corrected chi connectivity index (χ1v) is 5.32. The molecule has 0 fully saturated rings. The molecule has 0 bridgehead atoms. The van der Waals surface area contributed by atoms with Crippen molar-refractivity contribution in [2.45, 2.75) is 12.8 Å². The summed E-state index contributed by atoms with van der Waals surface area (Å²) in [5.41, 5.74) is 1.31. The molecule has 80 valence electrons. The fourth-order valence-electron chi connectivity index (χ4n) is 1.25. The van der Waals surface area contributed by atoms with Gasteiger partial charge in [0.2, 0.25) is 0 Å². The van der Waals surface area contributed by atoms with Crippen molar-refractivity contribution in [2.75, 3.05) is 5.88 Å². The van der Waals surface area contributed by atoms with E-state index in [1.807, 2.05) is 30.3 Å². The van der Waals surface area contributed by atoms with Gasteiger partial charge in [-0.2, -0.15) is 0 Å². The first-order chi connectivity index (χ1) is 7.24. The predicted molar refractivity (Wildman–Crippen MR) is 62.0 cm³/mol. The molecule has 1 N–H and O–H groups in total. The van der Waals surface area contributed by atoms with Crippen LogP contribution in [0.4, 0.5) is 0 Å². The minimum absolute atomic E-state index is 0.404. The van der Waals surface area contributed by atoms with Gasteiger partial charge in [0.05, 0.1) is 0 Å². The molecule has 0 atom stereocenters. The van der Waals surface area contributed by atoms with Gasteiger partial charge in [-0.05, 0) is 24.5 Å². The number of rotatable bonds is 5. The first-order valence-electron chi connectivity index (χ1n) is 4.79. The molecule has 15 heavy (non-hydrogen) atoms. The van der Waals surface area contributed by atoms with E-state index in [0.717, 1.165) is 5.56 Å². The molecule has 0 aliphatic heterocycles. The van der Waals surface area contributed by atoms with E-state index in [9.17, 15) is 4.79 Å². The molecule has 0 radical (unpaired) electrons. The molecule has 0 spiro atoms. The molecule has 0 saturated carbocycles. The van der Waals surface area contributed by atoms with Crippen LogP contribution in [0, 0.1) is 0 Å². The second-order valence-electron chi connectivity index (χ2n) is 3.18. The van der Waals surface area contributed by atoms with Crippen molar-refractivity contribution in [1.82, 2.24) is 0 Å². The van der Waals surface area contributed by atoms with Crippen LogP contribution >= 0.6 is 11.6 Å². The second kappa shape index (κ2) is 6.25. The third-order valence-electron chi connectivity index (χ3n) is 1.99. The Morgan fingerprint density at radius 1 is 1.33 bits per heavy atom. The summed E-state index contributed by atoms with van der Waals surface area (Å²) in [7, 11) is 0. The fourth-order valence-corrected chi connectivity index (χ4v) is 1.38. The molecule has 2 nitrogen and oxygen atoms in total. The number of carboxylic acids is 1. The first kappa shape index (κ1) is 11.8. The van der Waals surface area contributed by atoms with Crippen LogP contribution in [0.1, 0.15) is 18.4 Å². The average Bonchev–Trinajstić information content (AvgIpc) is 2.25. The molecule has 0 heterocycles. The van der Waals surface area contributed by atoms with Gasteiger partial charge in [-0.3, -0.25) is 0 Å². The second-order valence-corrected chi connectivity index (χ2v) is 3.56. The number of alkyl halides is 1. The lowest BCUT2D eigenvalue weighted by molar-refractivity contribution is -0.132. The topological polar surface area (TPSA) is 37.3 Å². The summed E-state index contributed by atoms with van der Waals surface area (Å²) in [5, 5.41) is 8.95. The van der Waals surface area contributed by atoms with E-state index in [0.29, 0.717) is 24.3 Å². The Labute approximate surface area is 94.2 Å². The van der Waals surface area contributed by atoms with E-state index in [2.05, 4.69) is 0 Å². The van der Waals surface area contributed by atoms with Crippen molar-refractivity contribution in [3.05, 3.63) is 41.5 Å². The lowest BCUT2D eigenvalue weighted by Crippen LogP contribution is -2.00. The molecule has 1 aromatic carbocycles. The quantitative estimate of drug-likeness (QED) is 0.616. The molecule has 0 saturated heterocycles. The number of aliphatic carboxylic acids is 1. The zero-order chi connectivity index (χ0) is 11.1. The van der Waals surface area contributed by atoms with E-state index in [-0.39, 0.29) is 0 Å². The Hall–Kier alpha value is -1.28. The number of carboxylic acid groups (broad SMARTS) is 1. The van der Waals surface area contributed by atoms with Crippen molar-refractivity contribution in [3.63, 3.8) is 0 Å². The highest BCUT2D eigenvalue weighted by molar-refractivity contribution is 6.17. The molecule has 0 aliphatic carbocycles. The number of benzene rings is 1. The Morgan fingerprint density at radius 3 is 2.53 bits per heavy atom. The third-order valence-corrected chi connectivity index (χ3v) is 2.26. The van der Waals surface area contributed by atoms with Gasteiger partial charge in [-0.15, -0.1) is 11.6 Å². The van der Waals surface area contributed by atoms with E-state index in [1.165, 1.54) is 0 Å². The Bertz CT molecular complexity index is 344. The zero-order valence-electron chi connectivity index (χ0n) is 8.32. The number of carbonyl (C=O) groups is 1. The Morgan fingerprint density at radius 2 is 2.00 bits per heavy atom. The molecular weight excluding hydrogens is 212 g/mol. The van der Waals surface area contributed by atoms with Crippen LogP contribution in [-0.4, -0.2) is 17.0 Å². The van der Waals surface area contributed by atoms with E-state index < -0.39 is 5.97 Å². The minimum Gasteiger partial charge on any atom is -0.478 e. The van der Waals surface area contributed by atoms with Crippen LogP contribution in [0.2, 0.25) is 0 Å². The summed E-state index contributed by atoms with van der Waals surface area (Å²) in [4.78, 5) is 10.9. The van der Waals surface area contributed by atoms with Gasteiger partial charge >= 0.3 is 5.97 Å². The Balaban J connectivity index is 2.79. The molecular formula is C12H13ClO2. The highest BCUT2D eigenvalue weighted by Crippen LogP contribution is 2.12. The molecule has 0 aromatic heterocycles. The van der Waals surface area contributed by atoms with Crippen LogP contribution in [-0.2, 0) is 4.79 Å². The van der Waals surface area contributed by atoms with Crippen molar-refractivity contribution in [2.24, 2.45) is 0 Å². The third kappa shape index (κ3) is 4.17. The summed E-state index contributed by atoms with van der Waals surface area (Å²) in [6, 6.07) is 9.42. The minimum atomic E-state index is -0.871. The lowest BCUT2D eigenvalue weighted by atomic mass is 10.1. The smallest absolute Gasteiger partial charge is 0.331 e. The van der Waals surface area contributed by atoms with Crippen molar-refractivity contribution in [3.8, 4) is 0 Å². The molecule has 0 unspecified atom stereocenters. The largest absolute Gasteiger partial charge is 0.478 e. The van der Waals surface area contributed by atoms with Crippen molar-refractivity contribution >= 4 is 23.6 Å². The maximum Gasteiger partial charge on any atom is 0.331 e. The van der Waals surface area contributed by atoms with Gasteiger partial charge in [0.15, 0.2) is 0 Å². The SMILES string of the molecule is O=C(O)/C(=C/c1ccccc1)CCCCl. The number of hydrogen-bond acceptors (Lipinski definition) is 1. The summed E-state index contributed by atoms with van der Waals surface area (Å²) < 4.78 is 0. The van der Waals surface area contributed by atoms with Gasteiger partial charge in [-0.25, -0.2) is 4.79 Å². The maximum atomic E-state index is 10.9. The van der Waals surface area contributed by atoms with Crippen LogP contribution in [0.5, 0.6) is 0 Å². The number of hydrogen-bond donors (Lipinski definition) is 1. The fraction of sp³-hybridized carbons (Fsp3) is 0.250. The molecule has 0 aliphatic rings. The summed E-state index contributed by atoms with van der Waals surface area (Å²) >= 11 is 5.53. The monoisotopic (exact) mass is 224 g/mol. The predicted octanol–water partition coefficient (Wildman–Crippen LogP) is 3.17. The van der Waals surface area contributed by atoms with Crippen molar-refractivity contribution in [1.29, 1.82) is 0 Å². The van der Waals surface area contributed by atoms with E-state index in [4.69, 9.17) is 16.7 Å². The molecule has 1 rings (SSSR count). The summed E-state index contributed by atoms with van der Waals surface area (Å²) in [5.74, 6) is -0.386. The maximum absolute atomic E-state index is 10.9. The van der Waals surface area contributed by atoms with Gasteiger partial charge in [0, 0.05) is 11.5 Å². The van der Waals surface area contributed by atoms with Gasteiger partial charge in [0.1, 0.15) is 0 Å².